The highest BCUT2D eigenvalue weighted by atomic mass is 32.1. The summed E-state index contributed by atoms with van der Waals surface area (Å²) in [6.07, 6.45) is 0. The number of hydrogen-bond donors (Lipinski definition) is 0. The number of aromatic nitrogens is 1. The fourth-order valence-electron chi connectivity index (χ4n) is 2.39. The Hall–Kier alpha value is -2.51. The number of amides is 1. The van der Waals surface area contributed by atoms with Crippen molar-refractivity contribution in [2.75, 3.05) is 38.7 Å². The average molecular weight is 373 g/mol. The van der Waals surface area contributed by atoms with Crippen LogP contribution in [0.3, 0.4) is 0 Å². The first kappa shape index (κ1) is 18.3. The summed E-state index contributed by atoms with van der Waals surface area (Å²) in [5.74, 6) is 0.0319. The number of hydrogen-bond acceptors (Lipinski definition) is 5. The smallest absolute Gasteiger partial charge is 0.266 e. The van der Waals surface area contributed by atoms with Gasteiger partial charge < -0.3 is 9.64 Å². The first-order valence-electron chi connectivity index (χ1n) is 8.22. The molecule has 3 aromatic rings. The van der Waals surface area contributed by atoms with Crippen molar-refractivity contribution in [1.82, 2.24) is 9.88 Å². The molecule has 0 saturated carbocycles. The number of carbonyl (C=O) groups is 1. The average Bonchev–Trinajstić information content (AvgIpc) is 3.06. The lowest BCUT2D eigenvalue weighted by molar-refractivity contribution is -0.120. The number of nitrogens with zero attached hydrogens (tertiary/aromatic N) is 3. The third-order valence-corrected chi connectivity index (χ3v) is 4.81. The highest BCUT2D eigenvalue weighted by Gasteiger charge is 2.21. The van der Waals surface area contributed by atoms with Gasteiger partial charge in [-0.1, -0.05) is 35.6 Å². The zero-order valence-corrected chi connectivity index (χ0v) is 15.5. The molecule has 0 bridgehead atoms. The third-order valence-electron chi connectivity index (χ3n) is 3.77. The van der Waals surface area contributed by atoms with Crippen molar-refractivity contribution in [3.63, 3.8) is 0 Å². The van der Waals surface area contributed by atoms with E-state index >= 15 is 0 Å². The normalized spacial score (nSPS) is 11.1. The van der Waals surface area contributed by atoms with Crippen molar-refractivity contribution >= 4 is 32.6 Å². The lowest BCUT2D eigenvalue weighted by Gasteiger charge is -2.22. The van der Waals surface area contributed by atoms with Crippen LogP contribution >= 0.6 is 11.3 Å². The van der Waals surface area contributed by atoms with Crippen molar-refractivity contribution in [3.8, 4) is 5.75 Å². The van der Waals surface area contributed by atoms with Gasteiger partial charge in [0.05, 0.1) is 4.70 Å². The Balaban J connectivity index is 1.81. The maximum absolute atomic E-state index is 14.0. The van der Waals surface area contributed by atoms with E-state index in [0.29, 0.717) is 34.2 Å². The number of fused-ring (bicyclic) bond motifs is 1. The standard InChI is InChI=1S/C19H20FN3O2S/c1-22(2)11-12-23(17(24)13-25-14-7-4-3-5-8-14)19-21-18-15(20)9-6-10-16(18)26-19/h3-10H,11-13H2,1-2H3. The van der Waals surface area contributed by atoms with Crippen LogP contribution < -0.4 is 9.64 Å². The number of carbonyl (C=O) groups excluding carboxylic acids is 1. The second-order valence-electron chi connectivity index (χ2n) is 6.03. The van der Waals surface area contributed by atoms with Gasteiger partial charge in [-0.05, 0) is 38.4 Å². The van der Waals surface area contributed by atoms with Crippen molar-refractivity contribution in [2.45, 2.75) is 0 Å². The molecule has 1 aromatic heterocycles. The Bertz CT molecular complexity index is 883. The van der Waals surface area contributed by atoms with E-state index in [2.05, 4.69) is 4.98 Å². The van der Waals surface area contributed by atoms with Gasteiger partial charge >= 0.3 is 0 Å². The van der Waals surface area contributed by atoms with E-state index in [1.165, 1.54) is 17.4 Å². The molecule has 0 saturated heterocycles. The van der Waals surface area contributed by atoms with Gasteiger partial charge in [0, 0.05) is 13.1 Å². The first-order chi connectivity index (χ1) is 12.5. The van der Waals surface area contributed by atoms with Crippen LogP contribution in [0.5, 0.6) is 5.75 Å². The van der Waals surface area contributed by atoms with E-state index in [0.717, 1.165) is 0 Å². The van der Waals surface area contributed by atoms with E-state index in [1.807, 2.05) is 37.2 Å². The van der Waals surface area contributed by atoms with E-state index in [1.54, 1.807) is 29.2 Å². The van der Waals surface area contributed by atoms with Crippen LogP contribution in [-0.4, -0.2) is 49.6 Å². The van der Waals surface area contributed by atoms with Gasteiger partial charge in [0.2, 0.25) is 0 Å². The van der Waals surface area contributed by atoms with Crippen molar-refractivity contribution < 1.29 is 13.9 Å². The van der Waals surface area contributed by atoms with Crippen LogP contribution in [0.15, 0.2) is 48.5 Å². The minimum Gasteiger partial charge on any atom is -0.484 e. The summed E-state index contributed by atoms with van der Waals surface area (Å²) in [6, 6.07) is 14.0. The highest BCUT2D eigenvalue weighted by molar-refractivity contribution is 7.22. The summed E-state index contributed by atoms with van der Waals surface area (Å²) >= 11 is 1.30. The van der Waals surface area contributed by atoms with Crippen LogP contribution in [0.4, 0.5) is 9.52 Å². The highest BCUT2D eigenvalue weighted by Crippen LogP contribution is 2.30. The number of likely N-dealkylation sites (N-methyl/N-ethyl adjacent to an activating group) is 1. The molecule has 2 aromatic carbocycles. The lowest BCUT2D eigenvalue weighted by Crippen LogP contribution is -2.39. The van der Waals surface area contributed by atoms with Crippen LogP contribution in [0, 0.1) is 5.82 Å². The number of benzene rings is 2. The summed E-state index contributed by atoms with van der Waals surface area (Å²) in [4.78, 5) is 20.6. The van der Waals surface area contributed by atoms with Crippen LogP contribution in [0.1, 0.15) is 0 Å². The Kier molecular flexibility index (Phi) is 5.80. The molecular formula is C19H20FN3O2S. The number of thiazole rings is 1. The molecule has 0 N–H and O–H groups in total. The van der Waals surface area contributed by atoms with Gasteiger partial charge in [0.1, 0.15) is 17.1 Å². The molecule has 5 nitrogen and oxygen atoms in total. The summed E-state index contributed by atoms with van der Waals surface area (Å²) in [5, 5.41) is 0.480. The fourth-order valence-corrected chi connectivity index (χ4v) is 3.41. The van der Waals surface area contributed by atoms with Gasteiger partial charge in [-0.25, -0.2) is 9.37 Å². The molecule has 0 atom stereocenters. The minimum absolute atomic E-state index is 0.101. The molecule has 26 heavy (non-hydrogen) atoms. The van der Waals surface area contributed by atoms with Crippen LogP contribution in [0.2, 0.25) is 0 Å². The topological polar surface area (TPSA) is 45.7 Å². The molecule has 7 heteroatoms. The number of para-hydroxylation sites is 2. The predicted molar refractivity (Wildman–Crippen MR) is 102 cm³/mol. The Morgan fingerprint density at radius 3 is 2.58 bits per heavy atom. The maximum atomic E-state index is 14.0. The number of anilines is 1. The zero-order chi connectivity index (χ0) is 18.5. The molecule has 1 heterocycles. The molecule has 0 aliphatic heterocycles. The number of halogens is 1. The molecule has 0 radical (unpaired) electrons. The zero-order valence-electron chi connectivity index (χ0n) is 14.7. The number of rotatable bonds is 7. The molecule has 0 fully saturated rings. The summed E-state index contributed by atoms with van der Waals surface area (Å²) in [7, 11) is 3.86. The summed E-state index contributed by atoms with van der Waals surface area (Å²) in [6.45, 7) is 1.01. The van der Waals surface area contributed by atoms with E-state index in [9.17, 15) is 9.18 Å². The quantitative estimate of drug-likeness (QED) is 0.637. The third kappa shape index (κ3) is 4.36. The maximum Gasteiger partial charge on any atom is 0.266 e. The van der Waals surface area contributed by atoms with Crippen molar-refractivity contribution in [3.05, 3.63) is 54.3 Å². The largest absolute Gasteiger partial charge is 0.484 e. The number of ether oxygens (including phenoxy) is 1. The van der Waals surface area contributed by atoms with E-state index < -0.39 is 0 Å². The molecule has 0 aliphatic rings. The molecule has 3 rings (SSSR count). The van der Waals surface area contributed by atoms with Crippen LogP contribution in [-0.2, 0) is 4.79 Å². The van der Waals surface area contributed by atoms with Gasteiger partial charge in [-0.3, -0.25) is 9.69 Å². The first-order valence-corrected chi connectivity index (χ1v) is 9.04. The minimum atomic E-state index is -0.384. The lowest BCUT2D eigenvalue weighted by atomic mass is 10.3. The monoisotopic (exact) mass is 373 g/mol. The molecule has 136 valence electrons. The molecular weight excluding hydrogens is 353 g/mol. The molecule has 0 aliphatic carbocycles. The van der Waals surface area contributed by atoms with Crippen molar-refractivity contribution in [1.29, 1.82) is 0 Å². The molecule has 0 unspecified atom stereocenters. The van der Waals surface area contributed by atoms with Crippen LogP contribution in [0.25, 0.3) is 10.2 Å². The predicted octanol–water partition coefficient (Wildman–Crippen LogP) is 3.41. The molecule has 1 amide bonds. The Morgan fingerprint density at radius 1 is 1.12 bits per heavy atom. The van der Waals surface area contributed by atoms with Crippen molar-refractivity contribution in [2.24, 2.45) is 0 Å². The fraction of sp³-hybridized carbons (Fsp3) is 0.263. The second kappa shape index (κ2) is 8.25. The van der Waals surface area contributed by atoms with E-state index in [-0.39, 0.29) is 18.3 Å². The van der Waals surface area contributed by atoms with Gasteiger partial charge in [-0.2, -0.15) is 0 Å². The van der Waals surface area contributed by atoms with Gasteiger partial charge in [0.25, 0.3) is 5.91 Å². The van der Waals surface area contributed by atoms with E-state index in [4.69, 9.17) is 4.74 Å². The Morgan fingerprint density at radius 2 is 1.88 bits per heavy atom. The Labute approximate surface area is 155 Å². The summed E-state index contributed by atoms with van der Waals surface area (Å²) in [5.41, 5.74) is 0.291. The second-order valence-corrected chi connectivity index (χ2v) is 7.04. The molecule has 0 spiro atoms. The summed E-state index contributed by atoms with van der Waals surface area (Å²) < 4.78 is 20.2. The van der Waals surface area contributed by atoms with Gasteiger partial charge in [0.15, 0.2) is 11.7 Å². The SMILES string of the molecule is CN(C)CCN(C(=O)COc1ccccc1)c1nc2c(F)cccc2s1. The van der Waals surface area contributed by atoms with Gasteiger partial charge in [-0.15, -0.1) is 0 Å².